The molecule has 1 aliphatic rings. The zero-order valence-corrected chi connectivity index (χ0v) is 13.2. The van der Waals surface area contributed by atoms with Gasteiger partial charge in [-0.3, -0.25) is 4.31 Å². The maximum atomic E-state index is 12.9. The Balaban J connectivity index is 1.70. The predicted octanol–water partition coefficient (Wildman–Crippen LogP) is 3.70. The van der Waals surface area contributed by atoms with Crippen LogP contribution in [-0.2, 0) is 16.4 Å². The maximum Gasteiger partial charge on any atom is 0.264 e. The molecule has 1 aromatic heterocycles. The van der Waals surface area contributed by atoms with Crippen LogP contribution in [0.4, 0.5) is 5.69 Å². The summed E-state index contributed by atoms with van der Waals surface area (Å²) in [6.07, 6.45) is 2.35. The fraction of sp³-hybridized carbons (Fsp3) is 0.111. The molecule has 0 N–H and O–H groups in total. The molecular weight excluding hydrogens is 310 g/mol. The van der Waals surface area contributed by atoms with E-state index < -0.39 is 10.0 Å². The van der Waals surface area contributed by atoms with E-state index >= 15 is 0 Å². The molecule has 0 radical (unpaired) electrons. The number of benzene rings is 2. The third kappa shape index (κ3) is 2.33. The normalized spacial score (nSPS) is 14.0. The number of anilines is 1. The smallest absolute Gasteiger partial charge is 0.264 e. The van der Waals surface area contributed by atoms with Crippen molar-refractivity contribution in [2.45, 2.75) is 11.3 Å². The van der Waals surface area contributed by atoms with Crippen molar-refractivity contribution in [1.29, 1.82) is 0 Å². The van der Waals surface area contributed by atoms with Gasteiger partial charge in [-0.15, -0.1) is 0 Å². The van der Waals surface area contributed by atoms with E-state index in [1.807, 2.05) is 30.3 Å². The van der Waals surface area contributed by atoms with E-state index in [1.54, 1.807) is 36.6 Å². The third-order valence-electron chi connectivity index (χ3n) is 4.09. The Morgan fingerprint density at radius 3 is 2.43 bits per heavy atom. The highest BCUT2D eigenvalue weighted by molar-refractivity contribution is 7.92. The number of sulfonamides is 1. The summed E-state index contributed by atoms with van der Waals surface area (Å²) in [6.45, 7) is 0.488. The van der Waals surface area contributed by atoms with Gasteiger partial charge in [-0.2, -0.15) is 0 Å². The van der Waals surface area contributed by atoms with Gasteiger partial charge in [0.15, 0.2) is 0 Å². The number of furan rings is 1. The fourth-order valence-electron chi connectivity index (χ4n) is 2.92. The molecule has 0 bridgehead atoms. The Bertz CT molecular complexity index is 929. The number of rotatable bonds is 3. The minimum atomic E-state index is -3.53. The van der Waals surface area contributed by atoms with E-state index in [2.05, 4.69) is 0 Å². The lowest BCUT2D eigenvalue weighted by atomic mass is 10.2. The molecule has 4 nitrogen and oxygen atoms in total. The zero-order chi connectivity index (χ0) is 15.9. The van der Waals surface area contributed by atoms with Gasteiger partial charge in [0.2, 0.25) is 0 Å². The summed E-state index contributed by atoms with van der Waals surface area (Å²) in [5.74, 6) is 0.723. The summed E-state index contributed by atoms with van der Waals surface area (Å²) < 4.78 is 32.6. The average Bonchev–Trinajstić information content (AvgIpc) is 3.25. The van der Waals surface area contributed by atoms with Gasteiger partial charge in [0.1, 0.15) is 5.76 Å². The monoisotopic (exact) mass is 325 g/mol. The molecule has 0 amide bonds. The van der Waals surface area contributed by atoms with Crippen molar-refractivity contribution >= 4 is 15.7 Å². The van der Waals surface area contributed by atoms with Crippen molar-refractivity contribution in [3.05, 3.63) is 72.5 Å². The van der Waals surface area contributed by atoms with Crippen LogP contribution in [0.15, 0.2) is 76.2 Å². The lowest BCUT2D eigenvalue weighted by Crippen LogP contribution is -2.29. The molecule has 0 saturated carbocycles. The Labute approximate surface area is 135 Å². The first-order chi connectivity index (χ1) is 11.2. The minimum absolute atomic E-state index is 0.296. The lowest BCUT2D eigenvalue weighted by Gasteiger charge is -2.19. The highest BCUT2D eigenvalue weighted by atomic mass is 32.2. The summed E-state index contributed by atoms with van der Waals surface area (Å²) in [6, 6.07) is 18.1. The number of hydrogen-bond donors (Lipinski definition) is 0. The number of para-hydroxylation sites is 1. The summed E-state index contributed by atoms with van der Waals surface area (Å²) in [7, 11) is -3.53. The van der Waals surface area contributed by atoms with Crippen LogP contribution in [0.2, 0.25) is 0 Å². The van der Waals surface area contributed by atoms with Crippen LogP contribution < -0.4 is 4.31 Å². The summed E-state index contributed by atoms with van der Waals surface area (Å²) >= 11 is 0. The first-order valence-electron chi connectivity index (χ1n) is 7.41. The second kappa shape index (κ2) is 5.28. The topological polar surface area (TPSA) is 50.5 Å². The van der Waals surface area contributed by atoms with Gasteiger partial charge in [0.05, 0.1) is 16.8 Å². The van der Waals surface area contributed by atoms with E-state index in [0.717, 1.165) is 29.0 Å². The van der Waals surface area contributed by atoms with E-state index in [1.165, 1.54) is 4.31 Å². The second-order valence-corrected chi connectivity index (χ2v) is 7.32. The third-order valence-corrected chi connectivity index (χ3v) is 5.92. The molecule has 4 rings (SSSR count). The Morgan fingerprint density at radius 2 is 1.70 bits per heavy atom. The largest absolute Gasteiger partial charge is 0.464 e. The molecule has 0 spiro atoms. The van der Waals surface area contributed by atoms with Crippen LogP contribution in [0.5, 0.6) is 0 Å². The van der Waals surface area contributed by atoms with Crippen molar-refractivity contribution in [3.8, 4) is 11.3 Å². The van der Waals surface area contributed by atoms with Crippen molar-refractivity contribution < 1.29 is 12.8 Å². The van der Waals surface area contributed by atoms with Crippen LogP contribution in [0.25, 0.3) is 11.3 Å². The summed E-state index contributed by atoms with van der Waals surface area (Å²) in [4.78, 5) is 0.296. The molecule has 0 unspecified atom stereocenters. The molecule has 2 heterocycles. The van der Waals surface area contributed by atoms with Crippen molar-refractivity contribution in [2.75, 3.05) is 10.8 Å². The average molecular weight is 325 g/mol. The number of hydrogen-bond acceptors (Lipinski definition) is 3. The van der Waals surface area contributed by atoms with Gasteiger partial charge >= 0.3 is 0 Å². The Morgan fingerprint density at radius 1 is 0.913 bits per heavy atom. The molecule has 0 atom stereocenters. The van der Waals surface area contributed by atoms with Crippen molar-refractivity contribution in [3.63, 3.8) is 0 Å². The van der Waals surface area contributed by atoms with Crippen molar-refractivity contribution in [1.82, 2.24) is 0 Å². The standard InChI is InChI=1S/C18H15NO3S/c20-23(21,19-12-11-14-4-1-2-5-17(14)19)16-9-7-15(8-10-16)18-6-3-13-22-18/h1-10,13H,11-12H2. The first-order valence-corrected chi connectivity index (χ1v) is 8.85. The summed E-state index contributed by atoms with van der Waals surface area (Å²) in [5.41, 5.74) is 2.71. The molecule has 1 aliphatic heterocycles. The molecule has 116 valence electrons. The van der Waals surface area contributed by atoms with Gasteiger partial charge in [-0.05, 0) is 54.4 Å². The molecular formula is C18H15NO3S. The highest BCUT2D eigenvalue weighted by Gasteiger charge is 2.30. The second-order valence-electron chi connectivity index (χ2n) is 5.46. The molecule has 0 fully saturated rings. The number of fused-ring (bicyclic) bond motifs is 1. The molecule has 5 heteroatoms. The van der Waals surface area contributed by atoms with Crippen molar-refractivity contribution in [2.24, 2.45) is 0 Å². The predicted molar refractivity (Wildman–Crippen MR) is 88.8 cm³/mol. The maximum absolute atomic E-state index is 12.9. The SMILES string of the molecule is O=S(=O)(c1ccc(-c2ccco2)cc1)N1CCc2ccccc21. The van der Waals surface area contributed by atoms with Gasteiger partial charge < -0.3 is 4.42 Å². The van der Waals surface area contributed by atoms with Gasteiger partial charge in [-0.1, -0.05) is 18.2 Å². The Hall–Kier alpha value is -2.53. The lowest BCUT2D eigenvalue weighted by molar-refractivity contribution is 0.582. The Kier molecular flexibility index (Phi) is 3.23. The summed E-state index contributed by atoms with van der Waals surface area (Å²) in [5, 5.41) is 0. The molecule has 0 aliphatic carbocycles. The van der Waals surface area contributed by atoms with Crippen LogP contribution in [0, 0.1) is 0 Å². The molecule has 3 aromatic rings. The van der Waals surface area contributed by atoms with E-state index in [4.69, 9.17) is 4.42 Å². The number of nitrogens with zero attached hydrogens (tertiary/aromatic N) is 1. The van der Waals surface area contributed by atoms with E-state index in [-0.39, 0.29) is 0 Å². The quantitative estimate of drug-likeness (QED) is 0.738. The minimum Gasteiger partial charge on any atom is -0.464 e. The highest BCUT2D eigenvalue weighted by Crippen LogP contribution is 2.33. The molecule has 2 aromatic carbocycles. The van der Waals surface area contributed by atoms with Crippen LogP contribution in [0.1, 0.15) is 5.56 Å². The zero-order valence-electron chi connectivity index (χ0n) is 12.3. The molecule has 23 heavy (non-hydrogen) atoms. The van der Waals surface area contributed by atoms with Gasteiger partial charge in [0, 0.05) is 12.1 Å². The van der Waals surface area contributed by atoms with Crippen LogP contribution >= 0.6 is 0 Å². The van der Waals surface area contributed by atoms with E-state index in [9.17, 15) is 8.42 Å². The first kappa shape index (κ1) is 14.1. The van der Waals surface area contributed by atoms with Crippen LogP contribution in [0.3, 0.4) is 0 Å². The van der Waals surface area contributed by atoms with E-state index in [0.29, 0.717) is 11.4 Å². The fourth-order valence-corrected chi connectivity index (χ4v) is 4.42. The molecule has 0 saturated heterocycles. The van der Waals surface area contributed by atoms with Gasteiger partial charge in [-0.25, -0.2) is 8.42 Å². The van der Waals surface area contributed by atoms with Gasteiger partial charge in [0.25, 0.3) is 10.0 Å². The van der Waals surface area contributed by atoms with Crippen LogP contribution in [-0.4, -0.2) is 15.0 Å².